The molecule has 0 spiro atoms. The van der Waals surface area contributed by atoms with Crippen LogP contribution in [-0.2, 0) is 8.54 Å². The standard InChI is InChI=1S/C7H8ClO3PS/c1-12(9,10)11-13-7-4-2-6(8)3-5-7/h2-5H,1H3,(H,9,10). The van der Waals surface area contributed by atoms with Crippen molar-refractivity contribution < 1.29 is 13.4 Å². The van der Waals surface area contributed by atoms with Crippen LogP contribution in [0.5, 0.6) is 0 Å². The number of benzene rings is 1. The van der Waals surface area contributed by atoms with Gasteiger partial charge in [-0.3, -0.25) is 4.57 Å². The van der Waals surface area contributed by atoms with Crippen molar-refractivity contribution in [2.75, 3.05) is 6.66 Å². The Balaban J connectivity index is 2.56. The Hall–Kier alpha value is 0.01000. The summed E-state index contributed by atoms with van der Waals surface area (Å²) in [7, 11) is -3.41. The molecule has 1 aromatic rings. The number of hydrogen-bond donors (Lipinski definition) is 1. The van der Waals surface area contributed by atoms with Crippen LogP contribution in [0.3, 0.4) is 0 Å². The Morgan fingerprint density at radius 3 is 2.46 bits per heavy atom. The third-order valence-corrected chi connectivity index (χ3v) is 3.21. The normalized spacial score (nSPS) is 15.3. The van der Waals surface area contributed by atoms with Crippen molar-refractivity contribution in [1.82, 2.24) is 0 Å². The second-order valence-electron chi connectivity index (χ2n) is 2.41. The van der Waals surface area contributed by atoms with Gasteiger partial charge < -0.3 is 4.89 Å². The molecule has 0 aliphatic heterocycles. The molecule has 0 heterocycles. The van der Waals surface area contributed by atoms with Crippen LogP contribution in [0.4, 0.5) is 0 Å². The van der Waals surface area contributed by atoms with Crippen LogP contribution in [0.2, 0.25) is 5.02 Å². The van der Waals surface area contributed by atoms with Crippen molar-refractivity contribution in [3.63, 3.8) is 0 Å². The third-order valence-electron chi connectivity index (χ3n) is 1.09. The van der Waals surface area contributed by atoms with Gasteiger partial charge in [-0.1, -0.05) is 11.6 Å². The molecule has 1 atom stereocenters. The second-order valence-corrected chi connectivity index (χ2v) is 5.69. The van der Waals surface area contributed by atoms with E-state index in [1.165, 1.54) is 0 Å². The summed E-state index contributed by atoms with van der Waals surface area (Å²) in [6.07, 6.45) is 0. The molecule has 1 rings (SSSR count). The van der Waals surface area contributed by atoms with Crippen LogP contribution in [0, 0.1) is 0 Å². The summed E-state index contributed by atoms with van der Waals surface area (Å²) < 4.78 is 15.4. The van der Waals surface area contributed by atoms with E-state index in [0.29, 0.717) is 5.02 Å². The Kier molecular flexibility index (Phi) is 3.83. The first-order valence-electron chi connectivity index (χ1n) is 3.39. The lowest BCUT2D eigenvalue weighted by molar-refractivity contribution is 0.409. The Bertz CT molecular complexity index is 321. The van der Waals surface area contributed by atoms with E-state index in [-0.39, 0.29) is 0 Å². The predicted octanol–water partition coefficient (Wildman–Crippen LogP) is 3.18. The maximum Gasteiger partial charge on any atom is 0.336 e. The minimum atomic E-state index is -3.41. The lowest BCUT2D eigenvalue weighted by Crippen LogP contribution is -1.77. The molecule has 6 heteroatoms. The van der Waals surface area contributed by atoms with E-state index >= 15 is 0 Å². The fourth-order valence-electron chi connectivity index (χ4n) is 0.602. The van der Waals surface area contributed by atoms with Gasteiger partial charge in [0.25, 0.3) is 0 Å². The van der Waals surface area contributed by atoms with Gasteiger partial charge in [0.1, 0.15) is 0 Å². The molecule has 0 saturated heterocycles. The first-order valence-corrected chi connectivity index (χ1v) is 6.54. The minimum Gasteiger partial charge on any atom is -0.324 e. The summed E-state index contributed by atoms with van der Waals surface area (Å²) in [5.41, 5.74) is 0. The molecule has 0 amide bonds. The zero-order valence-electron chi connectivity index (χ0n) is 6.81. The molecule has 0 bridgehead atoms. The molecule has 3 nitrogen and oxygen atoms in total. The molecule has 72 valence electrons. The molecule has 0 radical (unpaired) electrons. The zero-order chi connectivity index (χ0) is 9.90. The Morgan fingerprint density at radius 2 is 2.00 bits per heavy atom. The maximum atomic E-state index is 10.7. The highest BCUT2D eigenvalue weighted by Gasteiger charge is 2.10. The number of rotatable bonds is 3. The van der Waals surface area contributed by atoms with Gasteiger partial charge in [-0.2, -0.15) is 0 Å². The summed E-state index contributed by atoms with van der Waals surface area (Å²) in [5.74, 6) is 0. The SMILES string of the molecule is CP(=O)(O)OSc1ccc(Cl)cc1. The van der Waals surface area contributed by atoms with E-state index in [4.69, 9.17) is 16.5 Å². The van der Waals surface area contributed by atoms with Crippen LogP contribution in [0.15, 0.2) is 29.2 Å². The summed E-state index contributed by atoms with van der Waals surface area (Å²) in [4.78, 5) is 9.56. The Labute approximate surface area is 85.8 Å². The molecule has 0 aromatic heterocycles. The van der Waals surface area contributed by atoms with Crippen molar-refractivity contribution in [3.05, 3.63) is 29.3 Å². The molecule has 13 heavy (non-hydrogen) atoms. The van der Waals surface area contributed by atoms with Gasteiger partial charge in [-0.15, -0.1) is 0 Å². The second kappa shape index (κ2) is 4.49. The van der Waals surface area contributed by atoms with Gasteiger partial charge in [0.15, 0.2) is 0 Å². The first kappa shape index (κ1) is 11.1. The van der Waals surface area contributed by atoms with Crippen LogP contribution >= 0.6 is 31.2 Å². The molecule has 0 aliphatic carbocycles. The van der Waals surface area contributed by atoms with Gasteiger partial charge in [-0.05, 0) is 24.3 Å². The highest BCUT2D eigenvalue weighted by Crippen LogP contribution is 2.43. The van der Waals surface area contributed by atoms with Crippen molar-refractivity contribution in [1.29, 1.82) is 0 Å². The van der Waals surface area contributed by atoms with Crippen molar-refractivity contribution in [3.8, 4) is 0 Å². The number of hydrogen-bond acceptors (Lipinski definition) is 3. The van der Waals surface area contributed by atoms with E-state index in [9.17, 15) is 4.57 Å². The monoisotopic (exact) mass is 238 g/mol. The van der Waals surface area contributed by atoms with Crippen molar-refractivity contribution in [2.45, 2.75) is 4.90 Å². The summed E-state index contributed by atoms with van der Waals surface area (Å²) in [6.45, 7) is 1.13. The Morgan fingerprint density at radius 1 is 1.46 bits per heavy atom. The maximum absolute atomic E-state index is 10.7. The van der Waals surface area contributed by atoms with Gasteiger partial charge in [0.2, 0.25) is 0 Å². The molecular formula is C7H8ClO3PS. The zero-order valence-corrected chi connectivity index (χ0v) is 9.27. The van der Waals surface area contributed by atoms with Crippen LogP contribution in [-0.4, -0.2) is 11.6 Å². The molecular weight excluding hydrogens is 231 g/mol. The molecule has 1 N–H and O–H groups in total. The van der Waals surface area contributed by atoms with Crippen molar-refractivity contribution in [2.24, 2.45) is 0 Å². The smallest absolute Gasteiger partial charge is 0.324 e. The molecule has 0 saturated carbocycles. The average molecular weight is 239 g/mol. The lowest BCUT2D eigenvalue weighted by Gasteiger charge is -2.04. The van der Waals surface area contributed by atoms with Gasteiger partial charge >= 0.3 is 7.60 Å². The summed E-state index contributed by atoms with van der Waals surface area (Å²) >= 11 is 6.51. The van der Waals surface area contributed by atoms with E-state index in [2.05, 4.69) is 3.97 Å². The predicted molar refractivity (Wildman–Crippen MR) is 54.1 cm³/mol. The van der Waals surface area contributed by atoms with Crippen molar-refractivity contribution >= 4 is 31.2 Å². The van der Waals surface area contributed by atoms with E-state index in [0.717, 1.165) is 23.6 Å². The minimum absolute atomic E-state index is 0.619. The first-order chi connectivity index (χ1) is 5.97. The average Bonchev–Trinajstić information content (AvgIpc) is 2.02. The van der Waals surface area contributed by atoms with E-state index in [1.807, 2.05) is 0 Å². The molecule has 1 aromatic carbocycles. The lowest BCUT2D eigenvalue weighted by atomic mass is 10.4. The topological polar surface area (TPSA) is 46.5 Å². The van der Waals surface area contributed by atoms with E-state index < -0.39 is 7.60 Å². The van der Waals surface area contributed by atoms with Gasteiger partial charge in [-0.25, -0.2) is 3.97 Å². The van der Waals surface area contributed by atoms with Crippen LogP contribution < -0.4 is 0 Å². The largest absolute Gasteiger partial charge is 0.336 e. The van der Waals surface area contributed by atoms with Crippen LogP contribution in [0.1, 0.15) is 0 Å². The van der Waals surface area contributed by atoms with E-state index in [1.54, 1.807) is 24.3 Å². The van der Waals surface area contributed by atoms with Gasteiger partial charge in [0, 0.05) is 28.6 Å². The quantitative estimate of drug-likeness (QED) is 0.649. The highest BCUT2D eigenvalue weighted by atomic mass is 35.5. The third kappa shape index (κ3) is 4.69. The molecule has 1 unspecified atom stereocenters. The molecule has 0 fully saturated rings. The van der Waals surface area contributed by atoms with Crippen LogP contribution in [0.25, 0.3) is 0 Å². The fraction of sp³-hybridized carbons (Fsp3) is 0.143. The fourth-order valence-corrected chi connectivity index (χ4v) is 1.87. The highest BCUT2D eigenvalue weighted by molar-refractivity contribution is 7.98. The molecule has 0 aliphatic rings. The summed E-state index contributed by atoms with van der Waals surface area (Å²) in [6, 6.07) is 6.79. The number of halogens is 1. The summed E-state index contributed by atoms with van der Waals surface area (Å²) in [5, 5.41) is 0.619. The van der Waals surface area contributed by atoms with Gasteiger partial charge in [0.05, 0.1) is 0 Å².